The van der Waals surface area contributed by atoms with Gasteiger partial charge in [0, 0.05) is 53.7 Å². The van der Waals surface area contributed by atoms with E-state index < -0.39 is 58.4 Å². The first kappa shape index (κ1) is 51.5. The molecule has 2 aromatic carbocycles. The van der Waals surface area contributed by atoms with Crippen molar-refractivity contribution in [1.29, 1.82) is 5.41 Å². The van der Waals surface area contributed by atoms with E-state index in [4.69, 9.17) is 36.6 Å². The predicted octanol–water partition coefficient (Wildman–Crippen LogP) is 6.71. The molecule has 18 heteroatoms. The molecule has 0 bridgehead atoms. The van der Waals surface area contributed by atoms with Gasteiger partial charge in [0.1, 0.15) is 30.0 Å². The number of carboxylic acid groups (broad SMARTS) is 1. The van der Waals surface area contributed by atoms with Gasteiger partial charge < -0.3 is 39.2 Å². The van der Waals surface area contributed by atoms with Gasteiger partial charge in [0.05, 0.1) is 36.4 Å². The van der Waals surface area contributed by atoms with Crippen molar-refractivity contribution >= 4 is 54.5 Å². The SMILES string of the molecule is CC(C)NCCOCCOCCCCCCCl.CCN(C(C)C)C(C)C.N=c1ccc2c(-c3ccccc3C(=O)O)c3ccc(N)c(S(=O)(=O)[O-])c3oc-2c1S(=O)(=O)[O-]. The number of aromatic carboxylic acids is 1. The zero-order valence-corrected chi connectivity index (χ0v) is 37.3. The highest BCUT2D eigenvalue weighted by Gasteiger charge is 2.28. The minimum absolute atomic E-state index is 0.0156. The standard InChI is InChI=1S/C20H14N2O9S2.C13H28ClNO2.C8H19N/c21-13-7-5-11-15(9-3-1-2-4-10(9)20(23)24)12-6-8-14(22)19(33(28,29)30)17(12)31-16(11)18(13)32(25,26)27;1-13(2)15-8-10-17-12-11-16-9-6-4-3-5-7-14;1-6-9(7(2)3)8(4)5/h1-8,21H,22H2,(H,23,24)(H,25,26,27)(H,28,29,30);13,15H,3-12H2,1-2H3;7-8H,6H2,1-5H3/p-2. The highest BCUT2D eigenvalue weighted by molar-refractivity contribution is 7.86. The Morgan fingerprint density at radius 3 is 1.97 bits per heavy atom. The Hall–Kier alpha value is -3.65. The van der Waals surface area contributed by atoms with Crippen molar-refractivity contribution in [3.8, 4) is 22.5 Å². The molecule has 2 aromatic rings. The lowest BCUT2D eigenvalue weighted by Crippen LogP contribution is -2.36. The summed E-state index contributed by atoms with van der Waals surface area (Å²) in [6, 6.07) is 12.1. The zero-order valence-electron chi connectivity index (χ0n) is 34.9. The number of nitrogens with zero attached hydrogens (tertiary/aromatic N) is 1. The molecule has 15 nitrogen and oxygen atoms in total. The van der Waals surface area contributed by atoms with Crippen LogP contribution < -0.4 is 16.4 Å². The van der Waals surface area contributed by atoms with Crippen LogP contribution in [0.15, 0.2) is 62.7 Å². The number of alkyl halides is 1. The Labute approximate surface area is 353 Å². The summed E-state index contributed by atoms with van der Waals surface area (Å²) in [5, 5.41) is 20.0. The molecule has 0 unspecified atom stereocenters. The molecule has 0 saturated carbocycles. The quantitative estimate of drug-likeness (QED) is 0.0237. The molecule has 1 aliphatic carbocycles. The highest BCUT2D eigenvalue weighted by atomic mass is 35.5. The van der Waals surface area contributed by atoms with Crippen molar-refractivity contribution in [2.24, 2.45) is 0 Å². The molecule has 2 aliphatic rings. The predicted molar refractivity (Wildman–Crippen MR) is 228 cm³/mol. The summed E-state index contributed by atoms with van der Waals surface area (Å²) in [7, 11) is -10.6. The molecule has 330 valence electrons. The van der Waals surface area contributed by atoms with Gasteiger partial charge in [-0.25, -0.2) is 21.6 Å². The molecule has 0 radical (unpaired) electrons. The van der Waals surface area contributed by atoms with Crippen molar-refractivity contribution in [2.75, 3.05) is 51.1 Å². The third-order valence-corrected chi connectivity index (χ3v) is 11.1. The van der Waals surface area contributed by atoms with E-state index in [0.29, 0.717) is 31.3 Å². The summed E-state index contributed by atoms with van der Waals surface area (Å²) >= 11 is 5.59. The summed E-state index contributed by atoms with van der Waals surface area (Å²) in [4.78, 5) is 12.2. The van der Waals surface area contributed by atoms with Crippen molar-refractivity contribution < 1.29 is 49.7 Å². The first-order valence-corrected chi connectivity index (χ1v) is 22.9. The number of nitrogen functional groups attached to an aromatic ring is 1. The van der Waals surface area contributed by atoms with E-state index in [-0.39, 0.29) is 27.6 Å². The van der Waals surface area contributed by atoms with Crippen LogP contribution in [0.3, 0.4) is 0 Å². The fourth-order valence-corrected chi connectivity index (χ4v) is 8.03. The molecule has 0 atom stereocenters. The first-order valence-electron chi connectivity index (χ1n) is 19.5. The van der Waals surface area contributed by atoms with Gasteiger partial charge in [-0.15, -0.1) is 11.6 Å². The van der Waals surface area contributed by atoms with Crippen LogP contribution in [0.5, 0.6) is 0 Å². The van der Waals surface area contributed by atoms with Crippen LogP contribution in [0, 0.1) is 5.41 Å². The lowest BCUT2D eigenvalue weighted by molar-refractivity contribution is 0.0470. The summed E-state index contributed by atoms with van der Waals surface area (Å²) < 4.78 is 88.1. The summed E-state index contributed by atoms with van der Waals surface area (Å²) in [6.07, 6.45) is 4.68. The average Bonchev–Trinajstić information content (AvgIpc) is 3.13. The number of ether oxygens (including phenoxy) is 2. The van der Waals surface area contributed by atoms with Crippen molar-refractivity contribution in [3.05, 3.63) is 59.5 Å². The second kappa shape index (κ2) is 24.6. The van der Waals surface area contributed by atoms with E-state index in [1.807, 2.05) is 0 Å². The number of carboxylic acids is 1. The number of nitrogens with one attached hydrogen (secondary N) is 2. The number of carbonyl (C=O) groups is 1. The number of nitrogens with two attached hydrogens (primary N) is 1. The monoisotopic (exact) mass is 882 g/mol. The van der Waals surface area contributed by atoms with Gasteiger partial charge in [0.2, 0.25) is 0 Å². The average molecular weight is 884 g/mol. The van der Waals surface area contributed by atoms with E-state index >= 15 is 0 Å². The van der Waals surface area contributed by atoms with Gasteiger partial charge in [-0.05, 0) is 83.0 Å². The van der Waals surface area contributed by atoms with Gasteiger partial charge in [0.25, 0.3) is 0 Å². The Balaban J connectivity index is 0.000000385. The van der Waals surface area contributed by atoms with E-state index in [9.17, 15) is 35.8 Å². The number of rotatable bonds is 20. The Morgan fingerprint density at radius 1 is 0.847 bits per heavy atom. The molecular formula is C41H59ClN4O11S2-2. The third kappa shape index (κ3) is 15.7. The molecule has 0 spiro atoms. The van der Waals surface area contributed by atoms with Crippen LogP contribution in [0.4, 0.5) is 5.69 Å². The lowest BCUT2D eigenvalue weighted by Gasteiger charge is -2.28. The topological polar surface area (TPSA) is 248 Å². The Morgan fingerprint density at radius 2 is 1.44 bits per heavy atom. The minimum Gasteiger partial charge on any atom is -0.744 e. The van der Waals surface area contributed by atoms with Crippen LogP contribution in [0.1, 0.15) is 84.5 Å². The normalized spacial score (nSPS) is 12.0. The molecule has 0 fully saturated rings. The van der Waals surface area contributed by atoms with Gasteiger partial charge in [-0.3, -0.25) is 10.3 Å². The van der Waals surface area contributed by atoms with E-state index in [0.717, 1.165) is 57.2 Å². The molecule has 5 N–H and O–H groups in total. The second-order valence-electron chi connectivity index (χ2n) is 14.4. The van der Waals surface area contributed by atoms with Crippen LogP contribution >= 0.6 is 11.6 Å². The van der Waals surface area contributed by atoms with Crippen LogP contribution in [-0.2, 0) is 29.7 Å². The van der Waals surface area contributed by atoms with E-state index in [2.05, 4.69) is 58.7 Å². The number of unbranched alkanes of at least 4 members (excludes halogenated alkanes) is 3. The van der Waals surface area contributed by atoms with Gasteiger partial charge >= 0.3 is 5.97 Å². The van der Waals surface area contributed by atoms with Gasteiger partial charge in [0.15, 0.2) is 11.3 Å². The number of fused-ring (bicyclic) bond motifs is 2. The summed E-state index contributed by atoms with van der Waals surface area (Å²) in [5.74, 6) is -1.29. The lowest BCUT2D eigenvalue weighted by atomic mass is 9.90. The van der Waals surface area contributed by atoms with E-state index in [1.165, 1.54) is 49.2 Å². The Bertz CT molecular complexity index is 2190. The zero-order chi connectivity index (χ0) is 44.5. The van der Waals surface area contributed by atoms with Crippen molar-refractivity contribution in [1.82, 2.24) is 10.2 Å². The minimum atomic E-state index is -5.32. The smallest absolute Gasteiger partial charge is 0.336 e. The summed E-state index contributed by atoms with van der Waals surface area (Å²) in [5.41, 5.74) is 4.15. The highest BCUT2D eigenvalue weighted by Crippen LogP contribution is 2.45. The molecule has 1 heterocycles. The number of hydrogen-bond donors (Lipinski definition) is 4. The third-order valence-electron chi connectivity index (χ3n) is 8.96. The first-order chi connectivity index (χ1) is 27.7. The van der Waals surface area contributed by atoms with Crippen LogP contribution in [-0.4, -0.2) is 105 Å². The molecule has 0 aromatic heterocycles. The fraction of sp³-hybridized carbons (Fsp3) is 0.512. The van der Waals surface area contributed by atoms with Crippen LogP contribution in [0.2, 0.25) is 0 Å². The fourth-order valence-electron chi connectivity index (χ4n) is 6.39. The van der Waals surface area contributed by atoms with Crippen molar-refractivity contribution in [2.45, 2.75) is 102 Å². The number of benzene rings is 3. The van der Waals surface area contributed by atoms with E-state index in [1.54, 1.807) is 0 Å². The molecule has 59 heavy (non-hydrogen) atoms. The van der Waals surface area contributed by atoms with Gasteiger partial charge in [-0.1, -0.05) is 51.8 Å². The maximum Gasteiger partial charge on any atom is 0.336 e. The molecular weight excluding hydrogens is 824 g/mol. The number of hydrogen-bond acceptors (Lipinski definition) is 14. The maximum atomic E-state index is 12.0. The largest absolute Gasteiger partial charge is 0.744 e. The molecule has 0 saturated heterocycles. The van der Waals surface area contributed by atoms with Crippen molar-refractivity contribution in [3.63, 3.8) is 0 Å². The molecule has 4 rings (SSSR count). The van der Waals surface area contributed by atoms with Crippen LogP contribution in [0.25, 0.3) is 33.4 Å². The van der Waals surface area contributed by atoms with Gasteiger partial charge in [-0.2, -0.15) is 0 Å². The molecule has 0 amide bonds. The number of anilines is 1. The number of halogens is 1. The Kier molecular flexibility index (Phi) is 21.4. The second-order valence-corrected chi connectivity index (χ2v) is 17.4. The molecule has 1 aliphatic heterocycles. The summed E-state index contributed by atoms with van der Waals surface area (Å²) in [6.45, 7) is 20.5. The maximum absolute atomic E-state index is 12.0.